The summed E-state index contributed by atoms with van der Waals surface area (Å²) in [6.45, 7) is 8.36. The Balaban J connectivity index is 2.12. The lowest BCUT2D eigenvalue weighted by Gasteiger charge is -2.32. The Labute approximate surface area is 226 Å². The first-order chi connectivity index (χ1) is 17.7. The quantitative estimate of drug-likeness (QED) is 0.379. The molecular weight excluding hydrogens is 514 g/mol. The molecule has 2 N–H and O–H groups in total. The molecule has 206 valence electrons. The van der Waals surface area contributed by atoms with Crippen LogP contribution in [-0.4, -0.2) is 76.5 Å². The van der Waals surface area contributed by atoms with Gasteiger partial charge in [-0.15, -0.1) is 0 Å². The Morgan fingerprint density at radius 1 is 1.26 bits per heavy atom. The second-order valence-electron chi connectivity index (χ2n) is 10.6. The third-order valence-corrected chi connectivity index (χ3v) is 6.39. The number of nitro groups is 1. The summed E-state index contributed by atoms with van der Waals surface area (Å²) in [5.41, 5.74) is 0.483. The van der Waals surface area contributed by atoms with Gasteiger partial charge in [0.15, 0.2) is 11.6 Å². The minimum absolute atomic E-state index is 0.0219. The molecule has 1 aliphatic heterocycles. The number of hydrogen-bond acceptors (Lipinski definition) is 9. The summed E-state index contributed by atoms with van der Waals surface area (Å²) in [4.78, 5) is 49.2. The van der Waals surface area contributed by atoms with Gasteiger partial charge in [-0.1, -0.05) is 11.6 Å². The van der Waals surface area contributed by atoms with E-state index in [2.05, 4.69) is 25.5 Å². The molecule has 1 aromatic carbocycles. The zero-order chi connectivity index (χ0) is 28.4. The smallest absolute Gasteiger partial charge is 0.413 e. The number of carbonyl (C=O) groups is 2. The van der Waals surface area contributed by atoms with Crippen LogP contribution < -0.4 is 10.6 Å². The molecule has 0 saturated carbocycles. The highest BCUT2D eigenvalue weighted by atomic mass is 35.5. The van der Waals surface area contributed by atoms with Crippen molar-refractivity contribution in [2.24, 2.45) is 0 Å². The van der Waals surface area contributed by atoms with Crippen molar-refractivity contribution in [1.29, 1.82) is 0 Å². The SMILES string of the molecule is Cc1cc(Nc2ncnc(NC(=O)OC(C)(C)C)c2Cl)c([N+](=O)[O-])c(C2CCCN(C)C2)c1C(=O)N(C)C. The number of likely N-dealkylation sites (tertiary alicyclic amines) is 1. The fourth-order valence-electron chi connectivity index (χ4n) is 4.50. The van der Waals surface area contributed by atoms with Gasteiger partial charge in [0, 0.05) is 32.1 Å². The number of nitro benzene ring substituents is 1. The minimum atomic E-state index is -0.763. The molecule has 2 amide bonds. The van der Waals surface area contributed by atoms with Gasteiger partial charge < -0.3 is 19.9 Å². The topological polar surface area (TPSA) is 143 Å². The van der Waals surface area contributed by atoms with Crippen LogP contribution in [0, 0.1) is 17.0 Å². The lowest BCUT2D eigenvalue weighted by atomic mass is 9.83. The van der Waals surface area contributed by atoms with Crippen LogP contribution in [0.25, 0.3) is 0 Å². The van der Waals surface area contributed by atoms with Crippen molar-refractivity contribution in [1.82, 2.24) is 19.8 Å². The summed E-state index contributed by atoms with van der Waals surface area (Å²) in [5.74, 6) is -0.497. The average Bonchev–Trinajstić information content (AvgIpc) is 2.79. The van der Waals surface area contributed by atoms with Crippen LogP contribution in [0.5, 0.6) is 0 Å². The molecular formula is C25H34ClN7O5. The molecule has 1 fully saturated rings. The van der Waals surface area contributed by atoms with Crippen LogP contribution in [0.1, 0.15) is 61.0 Å². The Hall–Kier alpha value is -3.51. The summed E-state index contributed by atoms with van der Waals surface area (Å²) in [5, 5.41) is 17.9. The van der Waals surface area contributed by atoms with Crippen molar-refractivity contribution < 1.29 is 19.2 Å². The van der Waals surface area contributed by atoms with Gasteiger partial charge in [0.25, 0.3) is 11.6 Å². The number of carbonyl (C=O) groups excluding carboxylic acids is 2. The van der Waals surface area contributed by atoms with Gasteiger partial charge in [0.05, 0.1) is 10.5 Å². The van der Waals surface area contributed by atoms with Crippen molar-refractivity contribution in [3.8, 4) is 0 Å². The zero-order valence-electron chi connectivity index (χ0n) is 22.7. The number of nitrogens with one attached hydrogen (secondary N) is 2. The van der Waals surface area contributed by atoms with E-state index >= 15 is 0 Å². The van der Waals surface area contributed by atoms with Crippen molar-refractivity contribution in [3.05, 3.63) is 44.2 Å². The number of anilines is 3. The number of aromatic nitrogens is 2. The average molecular weight is 548 g/mol. The maximum absolute atomic E-state index is 13.2. The first kappa shape index (κ1) is 29.1. The normalized spacial score (nSPS) is 16.1. The Kier molecular flexibility index (Phi) is 8.78. The van der Waals surface area contributed by atoms with E-state index in [1.54, 1.807) is 47.9 Å². The first-order valence-electron chi connectivity index (χ1n) is 12.2. The Bertz CT molecular complexity index is 1250. The molecule has 1 saturated heterocycles. The summed E-state index contributed by atoms with van der Waals surface area (Å²) in [7, 11) is 5.20. The molecule has 1 unspecified atom stereocenters. The standard InChI is InChI=1S/C25H34ClN7O5/c1-14-11-16(29-21-19(26)22(28-13-27-21)30-24(35)38-25(2,3)4)20(33(36)37)18(17(14)23(34)31(5)6)15-9-8-10-32(7)12-15/h11,13,15H,8-10,12H2,1-7H3,(H2,27,28,29,30,35). The number of piperidine rings is 1. The molecule has 0 bridgehead atoms. The van der Waals surface area contributed by atoms with E-state index in [1.165, 1.54) is 11.2 Å². The molecule has 13 heteroatoms. The van der Waals surface area contributed by atoms with E-state index in [1.807, 2.05) is 7.05 Å². The number of benzene rings is 1. The van der Waals surface area contributed by atoms with E-state index in [-0.39, 0.29) is 39.9 Å². The molecule has 38 heavy (non-hydrogen) atoms. The number of ether oxygens (including phenoxy) is 1. The lowest BCUT2D eigenvalue weighted by molar-refractivity contribution is -0.384. The van der Waals surface area contributed by atoms with Gasteiger partial charge in [-0.25, -0.2) is 14.8 Å². The van der Waals surface area contributed by atoms with Gasteiger partial charge in [0.2, 0.25) is 0 Å². The van der Waals surface area contributed by atoms with Gasteiger partial charge in [-0.05, 0) is 65.8 Å². The van der Waals surface area contributed by atoms with Crippen LogP contribution in [0.15, 0.2) is 12.4 Å². The predicted molar refractivity (Wildman–Crippen MR) is 146 cm³/mol. The highest BCUT2D eigenvalue weighted by Gasteiger charge is 2.35. The third kappa shape index (κ3) is 6.67. The summed E-state index contributed by atoms with van der Waals surface area (Å²) >= 11 is 6.48. The van der Waals surface area contributed by atoms with Crippen molar-refractivity contribution in [3.63, 3.8) is 0 Å². The van der Waals surface area contributed by atoms with E-state index in [4.69, 9.17) is 16.3 Å². The minimum Gasteiger partial charge on any atom is -0.444 e. The van der Waals surface area contributed by atoms with Crippen LogP contribution in [-0.2, 0) is 4.74 Å². The van der Waals surface area contributed by atoms with Crippen LogP contribution in [0.2, 0.25) is 5.02 Å². The highest BCUT2D eigenvalue weighted by molar-refractivity contribution is 6.35. The molecule has 0 radical (unpaired) electrons. The van der Waals surface area contributed by atoms with Crippen LogP contribution >= 0.6 is 11.6 Å². The maximum atomic E-state index is 13.2. The molecule has 2 heterocycles. The molecule has 1 atom stereocenters. The maximum Gasteiger partial charge on any atom is 0.413 e. The fourth-order valence-corrected chi connectivity index (χ4v) is 4.70. The number of likely N-dealkylation sites (N-methyl/N-ethyl adjacent to an activating group) is 1. The van der Waals surface area contributed by atoms with E-state index in [0.717, 1.165) is 13.0 Å². The fraction of sp³-hybridized carbons (Fsp3) is 0.520. The highest BCUT2D eigenvalue weighted by Crippen LogP contribution is 2.43. The number of rotatable bonds is 6. The van der Waals surface area contributed by atoms with Crippen LogP contribution in [0.3, 0.4) is 0 Å². The number of amides is 2. The molecule has 1 aliphatic rings. The predicted octanol–water partition coefficient (Wildman–Crippen LogP) is 4.95. The largest absolute Gasteiger partial charge is 0.444 e. The van der Waals surface area contributed by atoms with E-state index in [0.29, 0.717) is 29.7 Å². The van der Waals surface area contributed by atoms with E-state index < -0.39 is 16.6 Å². The Morgan fingerprint density at radius 2 is 1.92 bits per heavy atom. The summed E-state index contributed by atoms with van der Waals surface area (Å²) < 4.78 is 5.25. The first-order valence-corrected chi connectivity index (χ1v) is 12.6. The molecule has 0 aliphatic carbocycles. The molecule has 0 spiro atoms. The van der Waals surface area contributed by atoms with Gasteiger partial charge in [-0.2, -0.15) is 0 Å². The van der Waals surface area contributed by atoms with Gasteiger partial charge in [0.1, 0.15) is 22.6 Å². The molecule has 3 rings (SSSR count). The molecule has 1 aromatic heterocycles. The van der Waals surface area contributed by atoms with Crippen molar-refractivity contribution >= 4 is 46.6 Å². The lowest BCUT2D eigenvalue weighted by Crippen LogP contribution is -2.33. The van der Waals surface area contributed by atoms with Crippen molar-refractivity contribution in [2.75, 3.05) is 44.9 Å². The van der Waals surface area contributed by atoms with Gasteiger partial charge >= 0.3 is 6.09 Å². The molecule has 12 nitrogen and oxygen atoms in total. The molecule has 2 aromatic rings. The van der Waals surface area contributed by atoms with Crippen molar-refractivity contribution in [2.45, 2.75) is 52.1 Å². The van der Waals surface area contributed by atoms with Crippen LogP contribution in [0.4, 0.5) is 27.8 Å². The number of hydrogen-bond donors (Lipinski definition) is 2. The number of aryl methyl sites for hydroxylation is 1. The number of halogens is 1. The Morgan fingerprint density at radius 3 is 2.50 bits per heavy atom. The second-order valence-corrected chi connectivity index (χ2v) is 11.0. The zero-order valence-corrected chi connectivity index (χ0v) is 23.5. The summed E-state index contributed by atoms with van der Waals surface area (Å²) in [6.07, 6.45) is 1.96. The van der Waals surface area contributed by atoms with Gasteiger partial charge in [-0.3, -0.25) is 20.2 Å². The third-order valence-electron chi connectivity index (χ3n) is 6.03. The monoisotopic (exact) mass is 547 g/mol. The second kappa shape index (κ2) is 11.5. The number of nitrogens with zero attached hydrogens (tertiary/aromatic N) is 5. The van der Waals surface area contributed by atoms with E-state index in [9.17, 15) is 19.7 Å². The summed E-state index contributed by atoms with van der Waals surface area (Å²) in [6, 6.07) is 1.55.